The summed E-state index contributed by atoms with van der Waals surface area (Å²) >= 11 is 2.54. The zero-order valence-electron chi connectivity index (χ0n) is 19.5. The first-order chi connectivity index (χ1) is 17.7. The van der Waals surface area contributed by atoms with Gasteiger partial charge in [0.15, 0.2) is 6.04 Å². The number of halogens is 3. The fraction of sp³-hybridized carbons (Fsp3) is 0.375. The summed E-state index contributed by atoms with van der Waals surface area (Å²) in [5.41, 5.74) is 1.67. The zero-order valence-corrected chi connectivity index (χ0v) is 21.1. The second kappa shape index (κ2) is 10.1. The van der Waals surface area contributed by atoms with Gasteiger partial charge >= 0.3 is 6.18 Å². The molecule has 8 nitrogen and oxygen atoms in total. The van der Waals surface area contributed by atoms with Gasteiger partial charge in [-0.1, -0.05) is 12.1 Å². The number of anilines is 2. The monoisotopic (exact) mass is 551 g/mol. The van der Waals surface area contributed by atoms with Crippen molar-refractivity contribution < 1.29 is 28.5 Å². The molecule has 1 fully saturated rings. The molecule has 3 heterocycles. The van der Waals surface area contributed by atoms with E-state index in [1.807, 2.05) is 24.3 Å². The van der Waals surface area contributed by atoms with Crippen molar-refractivity contribution in [3.63, 3.8) is 0 Å². The molecule has 0 spiro atoms. The van der Waals surface area contributed by atoms with Gasteiger partial charge in [-0.3, -0.25) is 0 Å². The lowest BCUT2D eigenvalue weighted by molar-refractivity contribution is -0.144. The molecule has 0 radical (unpaired) electrons. The van der Waals surface area contributed by atoms with Crippen molar-refractivity contribution in [3.05, 3.63) is 52.3 Å². The van der Waals surface area contributed by atoms with Crippen LogP contribution in [0, 0.1) is 12.8 Å². The van der Waals surface area contributed by atoms with E-state index >= 15 is 0 Å². The number of aliphatic hydroxyl groups excluding tert-OH is 3. The minimum Gasteiger partial charge on any atom is -0.396 e. The maximum absolute atomic E-state index is 13.9. The molecular formula is C24H24F3N5O3S2. The lowest BCUT2D eigenvalue weighted by atomic mass is 10.1. The number of hydrogen-bond acceptors (Lipinski definition) is 10. The number of aryl methyl sites for hydroxylation is 1. The van der Waals surface area contributed by atoms with Gasteiger partial charge in [-0.2, -0.15) is 29.5 Å². The van der Waals surface area contributed by atoms with E-state index < -0.39 is 36.4 Å². The number of hydrogen-bond donors (Lipinski definition) is 5. The maximum atomic E-state index is 13.9. The summed E-state index contributed by atoms with van der Waals surface area (Å²) in [5, 5.41) is 39.5. The van der Waals surface area contributed by atoms with Crippen molar-refractivity contribution >= 4 is 44.7 Å². The van der Waals surface area contributed by atoms with Crippen LogP contribution >= 0.6 is 22.7 Å². The molecule has 1 aromatic carbocycles. The molecule has 5 atom stereocenters. The first-order valence-electron chi connectivity index (χ1n) is 11.5. The molecule has 0 bridgehead atoms. The van der Waals surface area contributed by atoms with Crippen molar-refractivity contribution in [2.75, 3.05) is 17.2 Å². The third kappa shape index (κ3) is 5.14. The summed E-state index contributed by atoms with van der Waals surface area (Å²) < 4.78 is 42.7. The number of thiazole rings is 1. The Balaban J connectivity index is 1.57. The molecule has 1 aliphatic rings. The van der Waals surface area contributed by atoms with Gasteiger partial charge in [0.1, 0.15) is 16.9 Å². The molecule has 1 aliphatic carbocycles. The standard InChI is InChI=1S/C24H24F3N5O3S2/c1-11-17(22-30-14-4-2-3-5-16(14)37-22)21(29-15-8-13(9-33)18(34)19(15)35)32-23(28-11)31-20(24(25,26)27)12-6-7-36-10-12/h2-7,10,13,15,18-20,33-35H,8-9H2,1H3,(H2,28,29,31,32)/t13-,15-,18-,19+,20+/m1/s1. The number of para-hydroxylation sites is 1. The SMILES string of the molecule is Cc1nc(N[C@@H](c2ccsc2)C(F)(F)F)nc(N[C@@H]2C[C@H](CO)[C@@H](O)[C@H]2O)c1-c1nc2ccccc2s1. The Morgan fingerprint density at radius 1 is 1.11 bits per heavy atom. The summed E-state index contributed by atoms with van der Waals surface area (Å²) in [4.78, 5) is 13.4. The fourth-order valence-corrected chi connectivity index (χ4v) is 6.27. The Kier molecular flexibility index (Phi) is 7.07. The predicted octanol–water partition coefficient (Wildman–Crippen LogP) is 4.35. The van der Waals surface area contributed by atoms with Crippen LogP contribution in [0.5, 0.6) is 0 Å². The van der Waals surface area contributed by atoms with Gasteiger partial charge in [-0.15, -0.1) is 11.3 Å². The Morgan fingerprint density at radius 3 is 2.54 bits per heavy atom. The molecule has 0 aliphatic heterocycles. The van der Waals surface area contributed by atoms with E-state index in [9.17, 15) is 28.5 Å². The van der Waals surface area contributed by atoms with Gasteiger partial charge in [0.2, 0.25) is 5.95 Å². The molecule has 37 heavy (non-hydrogen) atoms. The lowest BCUT2D eigenvalue weighted by Gasteiger charge is -2.24. The zero-order chi connectivity index (χ0) is 26.3. The minimum absolute atomic E-state index is 0.0450. The number of benzene rings is 1. The molecule has 1 saturated carbocycles. The number of thiophene rings is 1. The third-order valence-electron chi connectivity index (χ3n) is 6.43. The quantitative estimate of drug-likeness (QED) is 0.230. The van der Waals surface area contributed by atoms with Gasteiger partial charge in [0.25, 0.3) is 0 Å². The molecule has 0 amide bonds. The smallest absolute Gasteiger partial charge is 0.396 e. The second-order valence-electron chi connectivity index (χ2n) is 8.93. The molecule has 0 saturated heterocycles. The fourth-order valence-electron chi connectivity index (χ4n) is 4.52. The molecule has 0 unspecified atom stereocenters. The minimum atomic E-state index is -4.60. The van der Waals surface area contributed by atoms with Crippen LogP contribution in [0.15, 0.2) is 41.1 Å². The maximum Gasteiger partial charge on any atom is 0.412 e. The average molecular weight is 552 g/mol. The van der Waals surface area contributed by atoms with Crippen molar-refractivity contribution in [1.29, 1.82) is 0 Å². The van der Waals surface area contributed by atoms with Crippen molar-refractivity contribution in [3.8, 4) is 10.6 Å². The first kappa shape index (κ1) is 25.8. The lowest BCUT2D eigenvalue weighted by Crippen LogP contribution is -2.36. The van der Waals surface area contributed by atoms with E-state index in [-0.39, 0.29) is 30.4 Å². The predicted molar refractivity (Wildman–Crippen MR) is 137 cm³/mol. The third-order valence-corrected chi connectivity index (χ3v) is 8.19. The van der Waals surface area contributed by atoms with E-state index in [1.165, 1.54) is 22.8 Å². The van der Waals surface area contributed by atoms with E-state index in [0.717, 1.165) is 21.6 Å². The van der Waals surface area contributed by atoms with Gasteiger partial charge in [-0.25, -0.2) is 9.97 Å². The average Bonchev–Trinajstić information content (AvgIpc) is 3.58. The molecule has 5 rings (SSSR count). The van der Waals surface area contributed by atoms with Crippen LogP contribution in [-0.4, -0.2) is 61.3 Å². The Morgan fingerprint density at radius 2 is 1.89 bits per heavy atom. The normalized spacial score (nSPS) is 22.9. The van der Waals surface area contributed by atoms with Gasteiger partial charge < -0.3 is 26.0 Å². The molecule has 196 valence electrons. The topological polar surface area (TPSA) is 123 Å². The van der Waals surface area contributed by atoms with E-state index in [0.29, 0.717) is 16.3 Å². The Labute approximate surface area is 217 Å². The Hall–Kier alpha value is -2.84. The highest BCUT2D eigenvalue weighted by molar-refractivity contribution is 7.21. The van der Waals surface area contributed by atoms with Crippen LogP contribution in [0.1, 0.15) is 23.7 Å². The summed E-state index contributed by atoms with van der Waals surface area (Å²) in [7, 11) is 0. The molecule has 13 heteroatoms. The van der Waals surface area contributed by atoms with Crippen LogP contribution in [-0.2, 0) is 0 Å². The van der Waals surface area contributed by atoms with Crippen molar-refractivity contribution in [2.24, 2.45) is 5.92 Å². The van der Waals surface area contributed by atoms with Crippen molar-refractivity contribution in [1.82, 2.24) is 15.0 Å². The second-order valence-corrected chi connectivity index (χ2v) is 10.7. The molecule has 3 aromatic heterocycles. The van der Waals surface area contributed by atoms with E-state index in [2.05, 4.69) is 25.6 Å². The van der Waals surface area contributed by atoms with Crippen LogP contribution in [0.4, 0.5) is 24.9 Å². The number of nitrogens with zero attached hydrogens (tertiary/aromatic N) is 3. The van der Waals surface area contributed by atoms with E-state index in [1.54, 1.807) is 12.3 Å². The van der Waals surface area contributed by atoms with Crippen LogP contribution in [0.25, 0.3) is 20.8 Å². The number of fused-ring (bicyclic) bond motifs is 1. The van der Waals surface area contributed by atoms with Crippen LogP contribution in [0.3, 0.4) is 0 Å². The summed E-state index contributed by atoms with van der Waals surface area (Å²) in [6, 6.07) is 6.18. The molecular weight excluding hydrogens is 527 g/mol. The Bertz CT molecular complexity index is 1350. The van der Waals surface area contributed by atoms with Gasteiger partial charge in [-0.05, 0) is 47.9 Å². The summed E-state index contributed by atoms with van der Waals surface area (Å²) in [6.45, 7) is 1.34. The number of rotatable bonds is 7. The molecule has 5 N–H and O–H groups in total. The number of alkyl halides is 3. The highest BCUT2D eigenvalue weighted by Crippen LogP contribution is 2.40. The summed E-state index contributed by atoms with van der Waals surface area (Å²) in [6.07, 6.45) is -6.72. The highest BCUT2D eigenvalue weighted by atomic mass is 32.1. The number of aromatic nitrogens is 3. The first-order valence-corrected chi connectivity index (χ1v) is 13.2. The van der Waals surface area contributed by atoms with Gasteiger partial charge in [0.05, 0.1) is 33.6 Å². The van der Waals surface area contributed by atoms with Crippen molar-refractivity contribution in [2.45, 2.75) is 43.8 Å². The van der Waals surface area contributed by atoms with Crippen LogP contribution in [0.2, 0.25) is 0 Å². The number of aliphatic hydroxyl groups is 3. The largest absolute Gasteiger partial charge is 0.412 e. The molecule has 4 aromatic rings. The highest BCUT2D eigenvalue weighted by Gasteiger charge is 2.43. The van der Waals surface area contributed by atoms with E-state index in [4.69, 9.17) is 0 Å². The summed E-state index contributed by atoms with van der Waals surface area (Å²) in [5.74, 6) is -0.618. The van der Waals surface area contributed by atoms with Gasteiger partial charge in [0, 0.05) is 12.5 Å². The van der Waals surface area contributed by atoms with Crippen LogP contribution < -0.4 is 10.6 Å². The number of nitrogens with one attached hydrogen (secondary N) is 2.